The standard InChI is InChI=1S/C15H13BrFNO2/c1-10(19)18-13-3-2-4-14(8-13)20-9-11-5-6-12(16)7-15(11)17/h2-8H,9H2,1H3,(H,18,19). The Morgan fingerprint density at radius 1 is 1.30 bits per heavy atom. The monoisotopic (exact) mass is 337 g/mol. The van der Waals surface area contributed by atoms with E-state index in [1.807, 2.05) is 0 Å². The Morgan fingerprint density at radius 3 is 2.80 bits per heavy atom. The summed E-state index contributed by atoms with van der Waals surface area (Å²) in [6.07, 6.45) is 0. The highest BCUT2D eigenvalue weighted by atomic mass is 79.9. The molecule has 0 spiro atoms. The Hall–Kier alpha value is -1.88. The summed E-state index contributed by atoms with van der Waals surface area (Å²) >= 11 is 3.20. The second-order valence-electron chi connectivity index (χ2n) is 4.23. The molecular weight excluding hydrogens is 325 g/mol. The van der Waals surface area contributed by atoms with E-state index in [9.17, 15) is 9.18 Å². The van der Waals surface area contributed by atoms with Gasteiger partial charge in [0.25, 0.3) is 0 Å². The third-order valence-electron chi connectivity index (χ3n) is 2.56. The molecule has 2 rings (SSSR count). The van der Waals surface area contributed by atoms with Crippen LogP contribution in [0, 0.1) is 5.82 Å². The van der Waals surface area contributed by atoms with Crippen LogP contribution in [0.3, 0.4) is 0 Å². The first kappa shape index (κ1) is 14.5. The number of carbonyl (C=O) groups excluding carboxylic acids is 1. The average molecular weight is 338 g/mol. The van der Waals surface area contributed by atoms with Crippen LogP contribution >= 0.6 is 15.9 Å². The molecule has 0 bridgehead atoms. The van der Waals surface area contributed by atoms with Crippen LogP contribution in [0.15, 0.2) is 46.9 Å². The number of hydrogen-bond acceptors (Lipinski definition) is 2. The highest BCUT2D eigenvalue weighted by Gasteiger charge is 2.04. The quantitative estimate of drug-likeness (QED) is 0.911. The van der Waals surface area contributed by atoms with E-state index in [4.69, 9.17) is 4.74 Å². The van der Waals surface area contributed by atoms with Crippen LogP contribution in [-0.2, 0) is 11.4 Å². The van der Waals surface area contributed by atoms with Crippen molar-refractivity contribution in [2.24, 2.45) is 0 Å². The fraction of sp³-hybridized carbons (Fsp3) is 0.133. The summed E-state index contributed by atoms with van der Waals surface area (Å²) in [7, 11) is 0. The van der Waals surface area contributed by atoms with Gasteiger partial charge >= 0.3 is 0 Å². The van der Waals surface area contributed by atoms with Crippen molar-refractivity contribution in [3.05, 3.63) is 58.3 Å². The van der Waals surface area contributed by atoms with Crippen molar-refractivity contribution in [3.63, 3.8) is 0 Å². The van der Waals surface area contributed by atoms with Crippen molar-refractivity contribution in [1.29, 1.82) is 0 Å². The second-order valence-corrected chi connectivity index (χ2v) is 5.15. The smallest absolute Gasteiger partial charge is 0.221 e. The third-order valence-corrected chi connectivity index (χ3v) is 3.06. The minimum Gasteiger partial charge on any atom is -0.489 e. The van der Waals surface area contributed by atoms with Crippen molar-refractivity contribution in [2.45, 2.75) is 13.5 Å². The molecule has 0 saturated heterocycles. The lowest BCUT2D eigenvalue weighted by atomic mass is 10.2. The largest absolute Gasteiger partial charge is 0.489 e. The molecule has 0 fully saturated rings. The van der Waals surface area contributed by atoms with Gasteiger partial charge in [0.1, 0.15) is 18.2 Å². The van der Waals surface area contributed by atoms with E-state index in [1.165, 1.54) is 13.0 Å². The molecular formula is C15H13BrFNO2. The Morgan fingerprint density at radius 2 is 2.10 bits per heavy atom. The normalized spacial score (nSPS) is 10.2. The van der Waals surface area contributed by atoms with Gasteiger partial charge in [-0.15, -0.1) is 0 Å². The first-order valence-corrected chi connectivity index (χ1v) is 6.78. The van der Waals surface area contributed by atoms with Gasteiger partial charge in [-0.05, 0) is 24.3 Å². The Balaban J connectivity index is 2.05. The third kappa shape index (κ3) is 4.06. The molecule has 104 valence electrons. The molecule has 0 atom stereocenters. The fourth-order valence-electron chi connectivity index (χ4n) is 1.67. The van der Waals surface area contributed by atoms with Gasteiger partial charge in [-0.25, -0.2) is 4.39 Å². The molecule has 0 radical (unpaired) electrons. The number of halogens is 2. The Bertz CT molecular complexity index is 631. The number of benzene rings is 2. The number of amides is 1. The summed E-state index contributed by atoms with van der Waals surface area (Å²) < 4.78 is 19.9. The van der Waals surface area contributed by atoms with E-state index >= 15 is 0 Å². The van der Waals surface area contributed by atoms with Gasteiger partial charge in [0.15, 0.2) is 0 Å². The summed E-state index contributed by atoms with van der Waals surface area (Å²) in [5.41, 5.74) is 1.12. The molecule has 0 aromatic heterocycles. The molecule has 0 saturated carbocycles. The van der Waals surface area contributed by atoms with Crippen LogP contribution < -0.4 is 10.1 Å². The van der Waals surface area contributed by atoms with Gasteiger partial charge in [0.05, 0.1) is 0 Å². The lowest BCUT2D eigenvalue weighted by Gasteiger charge is -2.09. The number of anilines is 1. The highest BCUT2D eigenvalue weighted by Crippen LogP contribution is 2.20. The van der Waals surface area contributed by atoms with Gasteiger partial charge in [0.2, 0.25) is 5.91 Å². The lowest BCUT2D eigenvalue weighted by molar-refractivity contribution is -0.114. The summed E-state index contributed by atoms with van der Waals surface area (Å²) in [5, 5.41) is 2.66. The van der Waals surface area contributed by atoms with Crippen LogP contribution in [0.25, 0.3) is 0 Å². The van der Waals surface area contributed by atoms with Gasteiger partial charge in [0, 0.05) is 28.7 Å². The fourth-order valence-corrected chi connectivity index (χ4v) is 2.00. The maximum atomic E-state index is 13.6. The van der Waals surface area contributed by atoms with Gasteiger partial charge in [-0.2, -0.15) is 0 Å². The van der Waals surface area contributed by atoms with E-state index in [0.717, 1.165) is 0 Å². The zero-order valence-electron chi connectivity index (χ0n) is 10.8. The van der Waals surface area contributed by atoms with Crippen LogP contribution in [0.1, 0.15) is 12.5 Å². The van der Waals surface area contributed by atoms with Gasteiger partial charge in [-0.3, -0.25) is 4.79 Å². The molecule has 2 aromatic rings. The minimum absolute atomic E-state index is 0.128. The predicted octanol–water partition coefficient (Wildman–Crippen LogP) is 4.13. The summed E-state index contributed by atoms with van der Waals surface area (Å²) in [4.78, 5) is 11.0. The van der Waals surface area contributed by atoms with Gasteiger partial charge in [-0.1, -0.05) is 28.1 Å². The number of hydrogen-bond donors (Lipinski definition) is 1. The average Bonchev–Trinajstić information content (AvgIpc) is 2.37. The summed E-state index contributed by atoms with van der Waals surface area (Å²) in [5.74, 6) is 0.0945. The molecule has 0 unspecified atom stereocenters. The molecule has 0 aliphatic carbocycles. The second kappa shape index (κ2) is 6.52. The molecule has 0 aliphatic heterocycles. The first-order valence-electron chi connectivity index (χ1n) is 5.99. The van der Waals surface area contributed by atoms with Crippen molar-refractivity contribution in [3.8, 4) is 5.75 Å². The summed E-state index contributed by atoms with van der Waals surface area (Å²) in [6.45, 7) is 1.56. The molecule has 2 aromatic carbocycles. The van der Waals surface area contributed by atoms with E-state index < -0.39 is 0 Å². The number of carbonyl (C=O) groups is 1. The molecule has 1 amide bonds. The van der Waals surface area contributed by atoms with Crippen LogP contribution in [0.2, 0.25) is 0 Å². The number of nitrogens with one attached hydrogen (secondary N) is 1. The van der Waals surface area contributed by atoms with E-state index in [1.54, 1.807) is 36.4 Å². The van der Waals surface area contributed by atoms with E-state index in [0.29, 0.717) is 21.5 Å². The highest BCUT2D eigenvalue weighted by molar-refractivity contribution is 9.10. The minimum atomic E-state index is -0.322. The van der Waals surface area contributed by atoms with E-state index in [-0.39, 0.29) is 18.3 Å². The maximum Gasteiger partial charge on any atom is 0.221 e. The predicted molar refractivity (Wildman–Crippen MR) is 79.2 cm³/mol. The van der Waals surface area contributed by atoms with Crippen molar-refractivity contribution in [1.82, 2.24) is 0 Å². The van der Waals surface area contributed by atoms with Gasteiger partial charge < -0.3 is 10.1 Å². The zero-order valence-corrected chi connectivity index (χ0v) is 12.4. The maximum absolute atomic E-state index is 13.6. The molecule has 3 nitrogen and oxygen atoms in total. The Kier molecular flexibility index (Phi) is 4.74. The SMILES string of the molecule is CC(=O)Nc1cccc(OCc2ccc(Br)cc2F)c1. The summed E-state index contributed by atoms with van der Waals surface area (Å²) in [6, 6.07) is 11.8. The first-order chi connectivity index (χ1) is 9.54. The van der Waals surface area contributed by atoms with Crippen molar-refractivity contribution >= 4 is 27.5 Å². The molecule has 0 heterocycles. The van der Waals surface area contributed by atoms with Crippen LogP contribution in [0.5, 0.6) is 5.75 Å². The molecule has 20 heavy (non-hydrogen) atoms. The topological polar surface area (TPSA) is 38.3 Å². The molecule has 1 N–H and O–H groups in total. The molecule has 5 heteroatoms. The zero-order chi connectivity index (χ0) is 14.5. The van der Waals surface area contributed by atoms with Crippen LogP contribution in [-0.4, -0.2) is 5.91 Å². The van der Waals surface area contributed by atoms with E-state index in [2.05, 4.69) is 21.2 Å². The Labute approximate surface area is 124 Å². The number of rotatable bonds is 4. The van der Waals surface area contributed by atoms with Crippen LogP contribution in [0.4, 0.5) is 10.1 Å². The number of ether oxygens (including phenoxy) is 1. The van der Waals surface area contributed by atoms with Crippen molar-refractivity contribution < 1.29 is 13.9 Å². The van der Waals surface area contributed by atoms with Crippen molar-refractivity contribution in [2.75, 3.05) is 5.32 Å². The lowest BCUT2D eigenvalue weighted by Crippen LogP contribution is -2.06. The molecule has 0 aliphatic rings.